The van der Waals surface area contributed by atoms with Crippen molar-refractivity contribution in [3.05, 3.63) is 65.0 Å². The van der Waals surface area contributed by atoms with Crippen molar-refractivity contribution in [1.82, 2.24) is 9.80 Å². The van der Waals surface area contributed by atoms with Crippen LogP contribution in [0.5, 0.6) is 0 Å². The number of hydrogen-bond donors (Lipinski definition) is 1. The Morgan fingerprint density at radius 1 is 1.06 bits per heavy atom. The Kier molecular flexibility index (Phi) is 7.19. The minimum absolute atomic E-state index is 0.174. The zero-order valence-electron chi connectivity index (χ0n) is 20.4. The lowest BCUT2D eigenvalue weighted by atomic mass is 10.0. The van der Waals surface area contributed by atoms with Crippen LogP contribution in [0.15, 0.2) is 42.5 Å². The van der Waals surface area contributed by atoms with Crippen LogP contribution < -0.4 is 5.32 Å². The van der Waals surface area contributed by atoms with Crippen molar-refractivity contribution in [2.24, 2.45) is 11.8 Å². The summed E-state index contributed by atoms with van der Waals surface area (Å²) in [6.07, 6.45) is 6.88. The summed E-state index contributed by atoms with van der Waals surface area (Å²) in [5, 5.41) is 3.52. The maximum atomic E-state index is 14.5. The van der Waals surface area contributed by atoms with Crippen molar-refractivity contribution < 1.29 is 9.18 Å². The summed E-state index contributed by atoms with van der Waals surface area (Å²) in [5.74, 6) is 1.85. The van der Waals surface area contributed by atoms with Gasteiger partial charge in [0, 0.05) is 50.9 Å². The standard InChI is InChI=1S/C29H38FN3O/c1-21-25(20-32-13-15-33(16-14-32)29(34)23-9-5-6-10-23)17-26(30)19-28(21)31-12-11-24-18-27(24)22-7-3-2-4-8-22/h2-4,7-8,17,19,23-24,27,31H,5-6,9-16,18,20H2,1H3/t24-,27?/m0/s1. The molecule has 5 rings (SSSR count). The fraction of sp³-hybridized carbons (Fsp3) is 0.552. The van der Waals surface area contributed by atoms with Crippen LogP contribution in [0.4, 0.5) is 10.1 Å². The third-order valence-corrected chi connectivity index (χ3v) is 8.24. The zero-order chi connectivity index (χ0) is 23.5. The predicted octanol–water partition coefficient (Wildman–Crippen LogP) is 5.57. The van der Waals surface area contributed by atoms with Crippen LogP contribution in [-0.4, -0.2) is 48.4 Å². The number of amides is 1. The molecule has 182 valence electrons. The molecule has 3 aliphatic rings. The van der Waals surface area contributed by atoms with Gasteiger partial charge in [0.05, 0.1) is 0 Å². The minimum Gasteiger partial charge on any atom is -0.385 e. The summed E-state index contributed by atoms with van der Waals surface area (Å²) < 4.78 is 14.5. The van der Waals surface area contributed by atoms with E-state index in [-0.39, 0.29) is 11.7 Å². The van der Waals surface area contributed by atoms with Crippen LogP contribution in [0.3, 0.4) is 0 Å². The second-order valence-corrected chi connectivity index (χ2v) is 10.5. The Bertz CT molecular complexity index is 980. The molecule has 0 spiro atoms. The number of anilines is 1. The van der Waals surface area contributed by atoms with Gasteiger partial charge in [-0.3, -0.25) is 9.69 Å². The Morgan fingerprint density at radius 3 is 2.53 bits per heavy atom. The van der Waals surface area contributed by atoms with Crippen LogP contribution in [0.25, 0.3) is 0 Å². The zero-order valence-corrected chi connectivity index (χ0v) is 20.4. The molecule has 0 aromatic heterocycles. The fourth-order valence-corrected chi connectivity index (χ4v) is 5.95. The SMILES string of the molecule is Cc1c(CN2CCN(C(=O)C3CCCC3)CC2)cc(F)cc1NCC[C@H]1CC1c1ccccc1. The van der Waals surface area contributed by atoms with Gasteiger partial charge in [-0.15, -0.1) is 0 Å². The fourth-order valence-electron chi connectivity index (χ4n) is 5.95. The van der Waals surface area contributed by atoms with Crippen LogP contribution in [-0.2, 0) is 11.3 Å². The number of benzene rings is 2. The van der Waals surface area contributed by atoms with Crippen LogP contribution in [0.2, 0.25) is 0 Å². The number of halogens is 1. The topological polar surface area (TPSA) is 35.6 Å². The maximum absolute atomic E-state index is 14.5. The minimum atomic E-state index is -0.174. The first kappa shape index (κ1) is 23.3. The van der Waals surface area contributed by atoms with E-state index >= 15 is 0 Å². The molecule has 1 unspecified atom stereocenters. The van der Waals surface area contributed by atoms with Crippen molar-refractivity contribution in [1.29, 1.82) is 0 Å². The smallest absolute Gasteiger partial charge is 0.225 e. The first-order valence-corrected chi connectivity index (χ1v) is 13.2. The van der Waals surface area contributed by atoms with Crippen LogP contribution >= 0.6 is 0 Å². The number of nitrogens with one attached hydrogen (secondary N) is 1. The Balaban J connectivity index is 1.11. The van der Waals surface area contributed by atoms with E-state index in [1.165, 1.54) is 24.8 Å². The molecule has 1 aliphatic heterocycles. The van der Waals surface area contributed by atoms with Gasteiger partial charge in [-0.05, 0) is 73.3 Å². The molecule has 0 radical (unpaired) electrons. The number of piperazine rings is 1. The first-order valence-electron chi connectivity index (χ1n) is 13.2. The lowest BCUT2D eigenvalue weighted by molar-refractivity contribution is -0.137. The lowest BCUT2D eigenvalue weighted by Crippen LogP contribution is -2.49. The van der Waals surface area contributed by atoms with Gasteiger partial charge in [0.25, 0.3) is 0 Å². The first-order chi connectivity index (χ1) is 16.6. The Labute approximate surface area is 203 Å². The van der Waals surface area contributed by atoms with Crippen molar-refractivity contribution in [2.45, 2.75) is 57.9 Å². The molecule has 1 saturated heterocycles. The highest BCUT2D eigenvalue weighted by molar-refractivity contribution is 5.79. The molecule has 1 N–H and O–H groups in total. The van der Waals surface area contributed by atoms with Gasteiger partial charge in [-0.1, -0.05) is 43.2 Å². The number of carbonyl (C=O) groups excluding carboxylic acids is 1. The average Bonchev–Trinajstić information content (AvgIpc) is 3.41. The van der Waals surface area contributed by atoms with E-state index in [9.17, 15) is 9.18 Å². The summed E-state index contributed by atoms with van der Waals surface area (Å²) in [7, 11) is 0. The van der Waals surface area contributed by atoms with Crippen molar-refractivity contribution in [3.63, 3.8) is 0 Å². The molecule has 5 heteroatoms. The molecule has 2 aromatic carbocycles. The van der Waals surface area contributed by atoms with Crippen molar-refractivity contribution in [2.75, 3.05) is 38.0 Å². The highest BCUT2D eigenvalue weighted by atomic mass is 19.1. The quantitative estimate of drug-likeness (QED) is 0.556. The van der Waals surface area contributed by atoms with Gasteiger partial charge in [0.15, 0.2) is 0 Å². The molecule has 1 amide bonds. The Hall–Kier alpha value is -2.40. The number of rotatable bonds is 8. The van der Waals surface area contributed by atoms with Crippen LogP contribution in [0, 0.1) is 24.6 Å². The van der Waals surface area contributed by atoms with Gasteiger partial charge in [-0.2, -0.15) is 0 Å². The highest BCUT2D eigenvalue weighted by Gasteiger charge is 2.37. The molecule has 3 fully saturated rings. The summed E-state index contributed by atoms with van der Waals surface area (Å²) in [4.78, 5) is 17.1. The van der Waals surface area contributed by atoms with Gasteiger partial charge in [0.1, 0.15) is 5.82 Å². The van der Waals surface area contributed by atoms with E-state index in [0.29, 0.717) is 11.8 Å². The molecule has 2 aromatic rings. The van der Waals surface area contributed by atoms with Crippen molar-refractivity contribution in [3.8, 4) is 0 Å². The van der Waals surface area contributed by atoms with E-state index in [1.54, 1.807) is 12.1 Å². The van der Waals surface area contributed by atoms with Gasteiger partial charge in [-0.25, -0.2) is 4.39 Å². The predicted molar refractivity (Wildman–Crippen MR) is 135 cm³/mol. The number of hydrogen-bond acceptors (Lipinski definition) is 3. The van der Waals surface area contributed by atoms with Gasteiger partial charge < -0.3 is 10.2 Å². The summed E-state index contributed by atoms with van der Waals surface area (Å²) in [6.45, 7) is 7.01. The maximum Gasteiger partial charge on any atom is 0.225 e. The van der Waals surface area contributed by atoms with Gasteiger partial charge in [0.2, 0.25) is 5.91 Å². The molecule has 1 heterocycles. The van der Waals surface area contributed by atoms with E-state index in [0.717, 1.165) is 81.3 Å². The molecule has 34 heavy (non-hydrogen) atoms. The third-order valence-electron chi connectivity index (χ3n) is 8.24. The summed E-state index contributed by atoms with van der Waals surface area (Å²) in [6, 6.07) is 14.1. The van der Waals surface area contributed by atoms with E-state index in [1.807, 2.05) is 0 Å². The monoisotopic (exact) mass is 463 g/mol. The second-order valence-electron chi connectivity index (χ2n) is 10.5. The molecular formula is C29H38FN3O. The lowest BCUT2D eigenvalue weighted by Gasteiger charge is -2.36. The normalized spacial score (nSPS) is 23.3. The summed E-state index contributed by atoms with van der Waals surface area (Å²) >= 11 is 0. The Morgan fingerprint density at radius 2 is 1.79 bits per heavy atom. The van der Waals surface area contributed by atoms with E-state index in [2.05, 4.69) is 52.4 Å². The molecular weight excluding hydrogens is 425 g/mol. The average molecular weight is 464 g/mol. The second kappa shape index (κ2) is 10.5. The van der Waals surface area contributed by atoms with Crippen molar-refractivity contribution >= 4 is 11.6 Å². The molecule has 2 aliphatic carbocycles. The van der Waals surface area contributed by atoms with E-state index in [4.69, 9.17) is 0 Å². The third kappa shape index (κ3) is 5.46. The number of carbonyl (C=O) groups is 1. The largest absolute Gasteiger partial charge is 0.385 e. The summed E-state index contributed by atoms with van der Waals surface area (Å²) in [5.41, 5.74) is 4.55. The molecule has 0 bridgehead atoms. The highest BCUT2D eigenvalue weighted by Crippen LogP contribution is 2.49. The van der Waals surface area contributed by atoms with E-state index < -0.39 is 0 Å². The number of nitrogens with zero attached hydrogens (tertiary/aromatic N) is 2. The van der Waals surface area contributed by atoms with Gasteiger partial charge >= 0.3 is 0 Å². The molecule has 2 saturated carbocycles. The molecule has 2 atom stereocenters. The molecule has 4 nitrogen and oxygen atoms in total. The van der Waals surface area contributed by atoms with Crippen LogP contribution in [0.1, 0.15) is 61.1 Å².